The van der Waals surface area contributed by atoms with E-state index in [1.807, 2.05) is 0 Å². The Hall–Kier alpha value is -0.410. The molecule has 0 aliphatic carbocycles. The third kappa shape index (κ3) is 5.17. The summed E-state index contributed by atoms with van der Waals surface area (Å²) < 4.78 is 0. The number of nitrogens with one attached hydrogen (secondary N) is 1. The van der Waals surface area contributed by atoms with Crippen molar-refractivity contribution in [2.24, 2.45) is 5.92 Å². The minimum Gasteiger partial charge on any atom is -0.314 e. The Kier molecular flexibility index (Phi) is 5.14. The molecule has 0 aliphatic rings. The predicted molar refractivity (Wildman–Crippen MR) is 76.8 cm³/mol. The summed E-state index contributed by atoms with van der Waals surface area (Å²) >= 11 is 1.80. The maximum absolute atomic E-state index is 4.74. The van der Waals surface area contributed by atoms with Crippen molar-refractivity contribution in [1.29, 1.82) is 0 Å². The lowest BCUT2D eigenvalue weighted by atomic mass is 9.93. The van der Waals surface area contributed by atoms with Gasteiger partial charge in [-0.1, -0.05) is 41.5 Å². The fraction of sp³-hybridized carbons (Fsp3) is 0.786. The van der Waals surface area contributed by atoms with Gasteiger partial charge in [-0.25, -0.2) is 4.98 Å². The van der Waals surface area contributed by atoms with E-state index in [-0.39, 0.29) is 5.41 Å². The molecule has 3 heteroatoms. The van der Waals surface area contributed by atoms with E-state index >= 15 is 0 Å². The molecule has 0 amide bonds. The minimum absolute atomic E-state index is 0.175. The SMILES string of the molecule is CC(CNC(C)C)Cc1nc(C(C)(C)C)cs1. The normalized spacial score (nSPS) is 14.3. The van der Waals surface area contributed by atoms with Gasteiger partial charge in [0.15, 0.2) is 0 Å². The number of nitrogens with zero attached hydrogens (tertiary/aromatic N) is 1. The average molecular weight is 254 g/mol. The van der Waals surface area contributed by atoms with E-state index in [0.717, 1.165) is 13.0 Å². The van der Waals surface area contributed by atoms with Crippen molar-refractivity contribution in [2.75, 3.05) is 6.54 Å². The molecule has 1 heterocycles. The molecular weight excluding hydrogens is 228 g/mol. The summed E-state index contributed by atoms with van der Waals surface area (Å²) in [6, 6.07) is 0.568. The van der Waals surface area contributed by atoms with Crippen LogP contribution >= 0.6 is 11.3 Å². The van der Waals surface area contributed by atoms with Crippen LogP contribution in [0.4, 0.5) is 0 Å². The third-order valence-electron chi connectivity index (χ3n) is 2.72. The molecule has 2 nitrogen and oxygen atoms in total. The number of hydrogen-bond acceptors (Lipinski definition) is 3. The number of hydrogen-bond donors (Lipinski definition) is 1. The summed E-state index contributed by atoms with van der Waals surface area (Å²) in [7, 11) is 0. The highest BCUT2D eigenvalue weighted by Crippen LogP contribution is 2.24. The Morgan fingerprint density at radius 3 is 2.41 bits per heavy atom. The molecule has 0 spiro atoms. The molecule has 0 radical (unpaired) electrons. The molecule has 1 N–H and O–H groups in total. The van der Waals surface area contributed by atoms with Gasteiger partial charge in [-0.15, -0.1) is 11.3 Å². The molecule has 0 saturated carbocycles. The largest absolute Gasteiger partial charge is 0.314 e. The summed E-state index contributed by atoms with van der Waals surface area (Å²) in [4.78, 5) is 4.74. The van der Waals surface area contributed by atoms with Gasteiger partial charge in [0, 0.05) is 23.3 Å². The zero-order chi connectivity index (χ0) is 13.1. The second-order valence-corrected chi connectivity index (χ2v) is 7.19. The lowest BCUT2D eigenvalue weighted by Gasteiger charge is -2.15. The molecule has 1 aromatic heterocycles. The van der Waals surface area contributed by atoms with Crippen molar-refractivity contribution in [3.8, 4) is 0 Å². The first-order valence-electron chi connectivity index (χ1n) is 6.47. The van der Waals surface area contributed by atoms with Gasteiger partial charge in [-0.2, -0.15) is 0 Å². The fourth-order valence-corrected chi connectivity index (χ4v) is 2.74. The molecule has 0 saturated heterocycles. The molecule has 1 rings (SSSR count). The van der Waals surface area contributed by atoms with Gasteiger partial charge < -0.3 is 5.32 Å². The highest BCUT2D eigenvalue weighted by molar-refractivity contribution is 7.09. The van der Waals surface area contributed by atoms with Gasteiger partial charge in [-0.3, -0.25) is 0 Å². The van der Waals surface area contributed by atoms with Crippen LogP contribution < -0.4 is 5.32 Å². The highest BCUT2D eigenvalue weighted by atomic mass is 32.1. The Labute approximate surface area is 110 Å². The molecular formula is C14H26N2S. The highest BCUT2D eigenvalue weighted by Gasteiger charge is 2.18. The smallest absolute Gasteiger partial charge is 0.0931 e. The van der Waals surface area contributed by atoms with E-state index in [1.54, 1.807) is 11.3 Å². The molecule has 17 heavy (non-hydrogen) atoms. The van der Waals surface area contributed by atoms with Gasteiger partial charge >= 0.3 is 0 Å². The standard InChI is InChI=1S/C14H26N2S/c1-10(2)15-8-11(3)7-13-16-12(9-17-13)14(4,5)6/h9-11,15H,7-8H2,1-6H3. The Bertz CT molecular complexity index is 336. The molecule has 98 valence electrons. The van der Waals surface area contributed by atoms with Crippen LogP contribution in [0.15, 0.2) is 5.38 Å². The van der Waals surface area contributed by atoms with E-state index in [2.05, 4.69) is 52.2 Å². The Balaban J connectivity index is 2.49. The van der Waals surface area contributed by atoms with Crippen molar-refractivity contribution in [3.05, 3.63) is 16.1 Å². The average Bonchev–Trinajstić information content (AvgIpc) is 2.62. The lowest BCUT2D eigenvalue weighted by Crippen LogP contribution is -2.28. The van der Waals surface area contributed by atoms with Crippen LogP contribution in [0.1, 0.15) is 52.2 Å². The van der Waals surface area contributed by atoms with Gasteiger partial charge in [0.1, 0.15) is 0 Å². The number of aromatic nitrogens is 1. The molecule has 0 bridgehead atoms. The van der Waals surface area contributed by atoms with Crippen LogP contribution in [0.25, 0.3) is 0 Å². The second kappa shape index (κ2) is 5.96. The fourth-order valence-electron chi connectivity index (χ4n) is 1.56. The van der Waals surface area contributed by atoms with Crippen molar-refractivity contribution in [2.45, 2.75) is 59.4 Å². The first-order chi connectivity index (χ1) is 7.79. The van der Waals surface area contributed by atoms with Crippen LogP contribution in [0, 0.1) is 5.92 Å². The van der Waals surface area contributed by atoms with Crippen molar-refractivity contribution < 1.29 is 0 Å². The number of thiazole rings is 1. The van der Waals surface area contributed by atoms with Gasteiger partial charge in [0.05, 0.1) is 10.7 Å². The Morgan fingerprint density at radius 2 is 1.94 bits per heavy atom. The molecule has 1 aromatic rings. The first kappa shape index (κ1) is 14.7. The van der Waals surface area contributed by atoms with E-state index in [1.165, 1.54) is 10.7 Å². The van der Waals surface area contributed by atoms with Crippen LogP contribution in [-0.4, -0.2) is 17.6 Å². The third-order valence-corrected chi connectivity index (χ3v) is 3.59. The van der Waals surface area contributed by atoms with Crippen molar-refractivity contribution in [3.63, 3.8) is 0 Å². The summed E-state index contributed by atoms with van der Waals surface area (Å²) in [5, 5.41) is 6.96. The van der Waals surface area contributed by atoms with Crippen molar-refractivity contribution >= 4 is 11.3 Å². The minimum atomic E-state index is 0.175. The summed E-state index contributed by atoms with van der Waals surface area (Å²) in [5.74, 6) is 0.649. The molecule has 1 unspecified atom stereocenters. The zero-order valence-corrected chi connectivity index (χ0v) is 12.8. The van der Waals surface area contributed by atoms with Crippen LogP contribution in [0.5, 0.6) is 0 Å². The van der Waals surface area contributed by atoms with Crippen molar-refractivity contribution in [1.82, 2.24) is 10.3 Å². The van der Waals surface area contributed by atoms with E-state index in [9.17, 15) is 0 Å². The topological polar surface area (TPSA) is 24.9 Å². The molecule has 0 fully saturated rings. The van der Waals surface area contributed by atoms with E-state index < -0.39 is 0 Å². The van der Waals surface area contributed by atoms with E-state index in [0.29, 0.717) is 12.0 Å². The van der Waals surface area contributed by atoms with Crippen LogP contribution in [0.3, 0.4) is 0 Å². The molecule has 0 aromatic carbocycles. The second-order valence-electron chi connectivity index (χ2n) is 6.25. The lowest BCUT2D eigenvalue weighted by molar-refractivity contribution is 0.473. The zero-order valence-electron chi connectivity index (χ0n) is 12.0. The maximum Gasteiger partial charge on any atom is 0.0931 e. The van der Waals surface area contributed by atoms with Crippen LogP contribution in [-0.2, 0) is 11.8 Å². The Morgan fingerprint density at radius 1 is 1.29 bits per heavy atom. The monoisotopic (exact) mass is 254 g/mol. The summed E-state index contributed by atoms with van der Waals surface area (Å²) in [6.07, 6.45) is 1.08. The molecule has 1 atom stereocenters. The quantitative estimate of drug-likeness (QED) is 0.868. The van der Waals surface area contributed by atoms with Gasteiger partial charge in [0.25, 0.3) is 0 Å². The van der Waals surface area contributed by atoms with Crippen LogP contribution in [0.2, 0.25) is 0 Å². The van der Waals surface area contributed by atoms with Gasteiger partial charge in [-0.05, 0) is 12.5 Å². The number of rotatable bonds is 5. The molecule has 0 aliphatic heterocycles. The van der Waals surface area contributed by atoms with Gasteiger partial charge in [0.2, 0.25) is 0 Å². The predicted octanol–water partition coefficient (Wildman–Crippen LogP) is 3.62. The maximum atomic E-state index is 4.74. The first-order valence-corrected chi connectivity index (χ1v) is 7.35. The summed E-state index contributed by atoms with van der Waals surface area (Å²) in [6.45, 7) is 14.4. The van der Waals surface area contributed by atoms with E-state index in [4.69, 9.17) is 4.98 Å². The summed E-state index contributed by atoms with van der Waals surface area (Å²) in [5.41, 5.74) is 1.40.